The number of hydrogen-bond donors (Lipinski definition) is 0. The number of aldehydes is 1. The topological polar surface area (TPSA) is 85.5 Å². The van der Waals surface area contributed by atoms with Crippen LogP contribution in [-0.4, -0.2) is 84.3 Å². The van der Waals surface area contributed by atoms with Crippen LogP contribution in [-0.2, 0) is 4.79 Å². The summed E-state index contributed by atoms with van der Waals surface area (Å²) < 4.78 is 0. The number of nitro benzene ring substituents is 1. The van der Waals surface area contributed by atoms with E-state index in [0.29, 0.717) is 5.92 Å². The first-order valence-corrected chi connectivity index (χ1v) is 11.8. The number of carbonyl (C=O) groups excluding carboxylic acids is 1. The van der Waals surface area contributed by atoms with Crippen molar-refractivity contribution >= 4 is 23.5 Å². The molecule has 0 amide bonds. The van der Waals surface area contributed by atoms with Gasteiger partial charge in [0.1, 0.15) is 5.84 Å². The second kappa shape index (κ2) is 10.3. The maximum atomic E-state index is 11.7. The quantitative estimate of drug-likeness (QED) is 0.348. The molecule has 9 heteroatoms. The molecule has 0 N–H and O–H groups in total. The number of carbonyl (C=O) groups is 1. The molecule has 2 heterocycles. The zero-order chi connectivity index (χ0) is 22.5. The van der Waals surface area contributed by atoms with Gasteiger partial charge in [-0.15, -0.1) is 0 Å². The molecule has 1 saturated carbocycles. The number of likely N-dealkylation sites (N-methyl/N-ethyl adjacent to an activating group) is 1. The van der Waals surface area contributed by atoms with Crippen molar-refractivity contribution in [3.05, 3.63) is 34.4 Å². The Hall–Kier alpha value is -2.68. The molecule has 1 aromatic carbocycles. The van der Waals surface area contributed by atoms with Gasteiger partial charge in [-0.25, -0.2) is 0 Å². The van der Waals surface area contributed by atoms with Crippen molar-refractivity contribution in [2.24, 2.45) is 11.0 Å². The second-order valence-corrected chi connectivity index (χ2v) is 9.15. The number of benzene rings is 1. The number of non-ortho nitro benzene ring substituents is 1. The third-order valence-electron chi connectivity index (χ3n) is 7.04. The lowest BCUT2D eigenvalue weighted by atomic mass is 9.89. The van der Waals surface area contributed by atoms with Crippen LogP contribution in [0.15, 0.2) is 29.4 Å². The predicted octanol–water partition coefficient (Wildman–Crippen LogP) is 2.77. The van der Waals surface area contributed by atoms with Gasteiger partial charge < -0.3 is 9.80 Å². The first-order valence-electron chi connectivity index (χ1n) is 11.8. The third kappa shape index (κ3) is 5.20. The standard InChI is InChI=1S/C23H34N6O3/c1-25-23(18-30)28(17-19-6-3-2-4-7-19)22(24-25)10-11-26-12-14-27(15-13-26)20-8-5-9-21(16-20)29(31)32/h5,8-9,16,18-19,23H,2-4,6-7,10-15,17H2,1H3. The number of nitrogens with zero attached hydrogens (tertiary/aromatic N) is 6. The van der Waals surface area contributed by atoms with Crippen molar-refractivity contribution in [1.29, 1.82) is 0 Å². The van der Waals surface area contributed by atoms with Crippen LogP contribution in [0.3, 0.4) is 0 Å². The van der Waals surface area contributed by atoms with Gasteiger partial charge in [-0.3, -0.25) is 24.8 Å². The molecule has 2 aliphatic heterocycles. The Morgan fingerprint density at radius 3 is 2.59 bits per heavy atom. The molecule has 0 aromatic heterocycles. The zero-order valence-corrected chi connectivity index (χ0v) is 18.9. The minimum atomic E-state index is -0.343. The molecule has 1 saturated heterocycles. The number of amidine groups is 1. The van der Waals surface area contributed by atoms with E-state index in [9.17, 15) is 14.9 Å². The Balaban J connectivity index is 1.30. The monoisotopic (exact) mass is 442 g/mol. The van der Waals surface area contributed by atoms with Crippen molar-refractivity contribution in [2.45, 2.75) is 44.7 Å². The first kappa shape index (κ1) is 22.5. The van der Waals surface area contributed by atoms with Crippen LogP contribution in [0.4, 0.5) is 11.4 Å². The second-order valence-electron chi connectivity index (χ2n) is 9.15. The molecule has 1 unspecified atom stereocenters. The van der Waals surface area contributed by atoms with E-state index in [0.717, 1.165) is 63.5 Å². The van der Waals surface area contributed by atoms with Crippen molar-refractivity contribution in [1.82, 2.24) is 14.8 Å². The molecule has 0 spiro atoms. The molecule has 1 atom stereocenters. The van der Waals surface area contributed by atoms with Gasteiger partial charge in [0.15, 0.2) is 12.5 Å². The van der Waals surface area contributed by atoms with Crippen molar-refractivity contribution in [3.8, 4) is 0 Å². The van der Waals surface area contributed by atoms with Crippen LogP contribution < -0.4 is 4.90 Å². The number of hydrazone groups is 1. The van der Waals surface area contributed by atoms with Crippen LogP contribution in [0.1, 0.15) is 38.5 Å². The highest BCUT2D eigenvalue weighted by Gasteiger charge is 2.33. The lowest BCUT2D eigenvalue weighted by molar-refractivity contribution is -0.384. The molecule has 4 rings (SSSR count). The summed E-state index contributed by atoms with van der Waals surface area (Å²) in [4.78, 5) is 29.3. The summed E-state index contributed by atoms with van der Waals surface area (Å²) >= 11 is 0. The first-order chi connectivity index (χ1) is 15.5. The fourth-order valence-electron chi connectivity index (χ4n) is 5.16. The SMILES string of the molecule is CN1N=C(CCN2CCN(c3cccc([N+](=O)[O-])c3)CC2)N(CC2CCCCC2)C1C=O. The third-order valence-corrected chi connectivity index (χ3v) is 7.04. The van der Waals surface area contributed by atoms with Crippen LogP contribution in [0.2, 0.25) is 0 Å². The highest BCUT2D eigenvalue weighted by molar-refractivity contribution is 5.86. The maximum absolute atomic E-state index is 11.7. The molecule has 1 aliphatic carbocycles. The summed E-state index contributed by atoms with van der Waals surface area (Å²) in [5, 5.41) is 17.6. The van der Waals surface area contributed by atoms with E-state index < -0.39 is 0 Å². The van der Waals surface area contributed by atoms with E-state index in [2.05, 4.69) is 14.7 Å². The molecule has 1 aromatic rings. The van der Waals surface area contributed by atoms with Crippen molar-refractivity contribution in [2.75, 3.05) is 51.2 Å². The molecule has 32 heavy (non-hydrogen) atoms. The van der Waals surface area contributed by atoms with Crippen LogP contribution in [0.25, 0.3) is 0 Å². The van der Waals surface area contributed by atoms with Gasteiger partial charge in [-0.2, -0.15) is 5.10 Å². The molecular weight excluding hydrogens is 408 g/mol. The van der Waals surface area contributed by atoms with Crippen LogP contribution >= 0.6 is 0 Å². The van der Waals surface area contributed by atoms with E-state index >= 15 is 0 Å². The summed E-state index contributed by atoms with van der Waals surface area (Å²) in [7, 11) is 1.89. The summed E-state index contributed by atoms with van der Waals surface area (Å²) in [6.07, 6.45) is 7.98. The maximum Gasteiger partial charge on any atom is 0.271 e. The Bertz CT molecular complexity index is 833. The Kier molecular flexibility index (Phi) is 7.24. The van der Waals surface area contributed by atoms with Crippen LogP contribution in [0.5, 0.6) is 0 Å². The van der Waals surface area contributed by atoms with Crippen LogP contribution in [0, 0.1) is 16.0 Å². The fourth-order valence-corrected chi connectivity index (χ4v) is 5.16. The Morgan fingerprint density at radius 1 is 1.16 bits per heavy atom. The van der Waals surface area contributed by atoms with Gasteiger partial charge in [0, 0.05) is 70.6 Å². The molecular formula is C23H34N6O3. The zero-order valence-electron chi connectivity index (χ0n) is 18.9. The lowest BCUT2D eigenvalue weighted by Crippen LogP contribution is -2.48. The normalized spacial score (nSPS) is 22.8. The minimum Gasteiger partial charge on any atom is -0.369 e. The Labute approximate surface area is 189 Å². The van der Waals surface area contributed by atoms with Gasteiger partial charge in [0.25, 0.3) is 5.69 Å². The number of rotatable bonds is 8. The number of piperazine rings is 1. The van der Waals surface area contributed by atoms with E-state index in [1.165, 1.54) is 38.2 Å². The lowest BCUT2D eigenvalue weighted by Gasteiger charge is -2.36. The molecule has 0 bridgehead atoms. The smallest absolute Gasteiger partial charge is 0.271 e. The molecule has 174 valence electrons. The van der Waals surface area contributed by atoms with Gasteiger partial charge in [0.05, 0.1) is 4.92 Å². The fraction of sp³-hybridized carbons (Fsp3) is 0.652. The summed E-state index contributed by atoms with van der Waals surface area (Å²) in [5.74, 6) is 1.68. The molecule has 9 nitrogen and oxygen atoms in total. The van der Waals surface area contributed by atoms with Gasteiger partial charge in [-0.05, 0) is 24.8 Å². The molecule has 0 radical (unpaired) electrons. The summed E-state index contributed by atoms with van der Waals surface area (Å²) in [6, 6.07) is 6.87. The van der Waals surface area contributed by atoms with Gasteiger partial charge >= 0.3 is 0 Å². The van der Waals surface area contributed by atoms with Crippen molar-refractivity contribution < 1.29 is 9.72 Å². The predicted molar refractivity (Wildman–Crippen MR) is 125 cm³/mol. The average Bonchev–Trinajstić information content (AvgIpc) is 3.12. The molecule has 2 fully saturated rings. The number of anilines is 1. The Morgan fingerprint density at radius 2 is 1.91 bits per heavy atom. The van der Waals surface area contributed by atoms with E-state index in [1.807, 2.05) is 13.1 Å². The van der Waals surface area contributed by atoms with E-state index in [1.54, 1.807) is 17.1 Å². The summed E-state index contributed by atoms with van der Waals surface area (Å²) in [5.41, 5.74) is 1.05. The van der Waals surface area contributed by atoms with Crippen molar-refractivity contribution in [3.63, 3.8) is 0 Å². The highest BCUT2D eigenvalue weighted by atomic mass is 16.6. The van der Waals surface area contributed by atoms with E-state index in [-0.39, 0.29) is 16.8 Å². The van der Waals surface area contributed by atoms with E-state index in [4.69, 9.17) is 5.10 Å². The number of nitro groups is 1. The average molecular weight is 443 g/mol. The highest BCUT2D eigenvalue weighted by Crippen LogP contribution is 2.27. The number of hydrogen-bond acceptors (Lipinski definition) is 8. The molecule has 3 aliphatic rings. The van der Waals surface area contributed by atoms with Gasteiger partial charge in [-0.1, -0.05) is 25.3 Å². The largest absolute Gasteiger partial charge is 0.369 e. The summed E-state index contributed by atoms with van der Waals surface area (Å²) in [6.45, 7) is 5.33. The van der Waals surface area contributed by atoms with Gasteiger partial charge in [0.2, 0.25) is 0 Å². The minimum absolute atomic E-state index is 0.135.